The molecular weight excluding hydrogens is 276 g/mol. The topological polar surface area (TPSA) is 78.9 Å². The number of aldehydes is 1. The fraction of sp³-hybridized carbons (Fsp3) is 0.400. The quantitative estimate of drug-likeness (QED) is 0.477. The van der Waals surface area contributed by atoms with Crippen LogP contribution in [0.1, 0.15) is 18.4 Å². The Morgan fingerprint density at radius 2 is 1.95 bits per heavy atom. The average Bonchev–Trinajstić information content (AvgIpc) is 2.53. The molecule has 1 aromatic rings. The van der Waals surface area contributed by atoms with Crippen molar-refractivity contribution in [1.29, 1.82) is 0 Å². The Bertz CT molecular complexity index is 445. The number of carbonyl (C=O) groups excluding carboxylic acids is 3. The summed E-state index contributed by atoms with van der Waals surface area (Å²) in [6.07, 6.45) is -0.991. The maximum atomic E-state index is 11.1. The summed E-state index contributed by atoms with van der Waals surface area (Å²) in [7, 11) is 1.26. The molecule has 114 valence electrons. The summed E-state index contributed by atoms with van der Waals surface area (Å²) in [4.78, 5) is 32.7. The third-order valence-corrected chi connectivity index (χ3v) is 2.88. The molecule has 0 spiro atoms. The molecule has 21 heavy (non-hydrogen) atoms. The lowest BCUT2D eigenvalue weighted by molar-refractivity contribution is -0.151. The van der Waals surface area contributed by atoms with Crippen LogP contribution in [0, 0.1) is 0 Å². The van der Waals surface area contributed by atoms with Crippen molar-refractivity contribution in [3.8, 4) is 0 Å². The first-order chi connectivity index (χ1) is 10.2. The van der Waals surface area contributed by atoms with E-state index in [1.54, 1.807) is 0 Å². The fourth-order valence-electron chi connectivity index (χ4n) is 1.74. The molecule has 0 bridgehead atoms. The third-order valence-electron chi connectivity index (χ3n) is 2.88. The Morgan fingerprint density at radius 3 is 2.52 bits per heavy atom. The summed E-state index contributed by atoms with van der Waals surface area (Å²) in [5, 5.41) is 0. The molecule has 0 aromatic heterocycles. The van der Waals surface area contributed by atoms with E-state index in [0.29, 0.717) is 6.29 Å². The van der Waals surface area contributed by atoms with Gasteiger partial charge in [-0.2, -0.15) is 0 Å². The molecule has 2 atom stereocenters. The van der Waals surface area contributed by atoms with Crippen LogP contribution >= 0.6 is 0 Å². The third kappa shape index (κ3) is 6.18. The second-order valence-electron chi connectivity index (χ2n) is 4.28. The number of methoxy groups -OCH3 is 1. The standard InChI is InChI=1S/C15H18O6/c1-19-15(18)8-7-13(21-11-17)14(9-16)20-10-12-5-3-2-4-6-12/h2-6,9,11,13-14H,7-8,10H2,1H3/t13-,14-/m1/s1. The molecule has 0 aliphatic carbocycles. The lowest BCUT2D eigenvalue weighted by Gasteiger charge is -2.21. The van der Waals surface area contributed by atoms with Gasteiger partial charge < -0.3 is 19.0 Å². The number of rotatable bonds is 10. The van der Waals surface area contributed by atoms with Gasteiger partial charge in [0.05, 0.1) is 13.7 Å². The maximum Gasteiger partial charge on any atom is 0.305 e. The molecule has 0 saturated carbocycles. The number of hydrogen-bond donors (Lipinski definition) is 0. The van der Waals surface area contributed by atoms with E-state index < -0.39 is 18.2 Å². The minimum absolute atomic E-state index is 0.0358. The van der Waals surface area contributed by atoms with Crippen molar-refractivity contribution in [2.75, 3.05) is 7.11 Å². The van der Waals surface area contributed by atoms with Gasteiger partial charge in [0.1, 0.15) is 12.2 Å². The van der Waals surface area contributed by atoms with Gasteiger partial charge in [-0.25, -0.2) is 0 Å². The highest BCUT2D eigenvalue weighted by Crippen LogP contribution is 2.12. The SMILES string of the molecule is COC(=O)CC[C@@H](OC=O)[C@@H](C=O)OCc1ccccc1. The Hall–Kier alpha value is -2.21. The van der Waals surface area contributed by atoms with Crippen LogP contribution in [-0.2, 0) is 35.2 Å². The number of esters is 1. The summed E-state index contributed by atoms with van der Waals surface area (Å²) in [5.41, 5.74) is 0.891. The zero-order valence-electron chi connectivity index (χ0n) is 11.8. The maximum absolute atomic E-state index is 11.1. The van der Waals surface area contributed by atoms with E-state index in [1.807, 2.05) is 30.3 Å². The molecular formula is C15H18O6. The highest BCUT2D eigenvalue weighted by atomic mass is 16.6. The summed E-state index contributed by atoms with van der Waals surface area (Å²) < 4.78 is 14.8. The van der Waals surface area contributed by atoms with Crippen LogP contribution in [0.25, 0.3) is 0 Å². The Labute approximate surface area is 123 Å². The van der Waals surface area contributed by atoms with Crippen molar-refractivity contribution < 1.29 is 28.6 Å². The van der Waals surface area contributed by atoms with Gasteiger partial charge >= 0.3 is 5.97 Å². The summed E-state index contributed by atoms with van der Waals surface area (Å²) in [6.45, 7) is 0.450. The minimum atomic E-state index is -0.930. The lowest BCUT2D eigenvalue weighted by Crippen LogP contribution is -2.33. The molecule has 6 heteroatoms. The second-order valence-corrected chi connectivity index (χ2v) is 4.28. The Morgan fingerprint density at radius 1 is 1.24 bits per heavy atom. The van der Waals surface area contributed by atoms with Crippen LogP contribution in [-0.4, -0.2) is 38.0 Å². The van der Waals surface area contributed by atoms with Gasteiger partial charge in [0.25, 0.3) is 6.47 Å². The first-order valence-corrected chi connectivity index (χ1v) is 6.48. The number of hydrogen-bond acceptors (Lipinski definition) is 6. The van der Waals surface area contributed by atoms with Crippen LogP contribution in [0.4, 0.5) is 0 Å². The van der Waals surface area contributed by atoms with E-state index in [1.165, 1.54) is 7.11 Å². The molecule has 0 fully saturated rings. The number of ether oxygens (including phenoxy) is 3. The van der Waals surface area contributed by atoms with Gasteiger partial charge in [0.2, 0.25) is 0 Å². The van der Waals surface area contributed by atoms with Gasteiger partial charge in [-0.05, 0) is 12.0 Å². The van der Waals surface area contributed by atoms with Crippen molar-refractivity contribution >= 4 is 18.7 Å². The highest BCUT2D eigenvalue weighted by Gasteiger charge is 2.24. The average molecular weight is 294 g/mol. The Balaban J connectivity index is 2.57. The second kappa shape index (κ2) is 9.66. The van der Waals surface area contributed by atoms with Crippen molar-refractivity contribution in [2.24, 2.45) is 0 Å². The van der Waals surface area contributed by atoms with Crippen LogP contribution in [0.3, 0.4) is 0 Å². The zero-order valence-corrected chi connectivity index (χ0v) is 11.8. The van der Waals surface area contributed by atoms with Crippen molar-refractivity contribution in [3.05, 3.63) is 35.9 Å². The van der Waals surface area contributed by atoms with Crippen LogP contribution in [0.5, 0.6) is 0 Å². The monoisotopic (exact) mass is 294 g/mol. The zero-order chi connectivity index (χ0) is 15.5. The fourth-order valence-corrected chi connectivity index (χ4v) is 1.74. The molecule has 0 unspecified atom stereocenters. The normalized spacial score (nSPS) is 13.0. The molecule has 0 aliphatic heterocycles. The first kappa shape index (κ1) is 16.8. The lowest BCUT2D eigenvalue weighted by atomic mass is 10.1. The van der Waals surface area contributed by atoms with E-state index in [4.69, 9.17) is 9.47 Å². The smallest absolute Gasteiger partial charge is 0.305 e. The molecule has 1 rings (SSSR count). The van der Waals surface area contributed by atoms with E-state index >= 15 is 0 Å². The van der Waals surface area contributed by atoms with Gasteiger partial charge in [0.15, 0.2) is 6.29 Å². The van der Waals surface area contributed by atoms with E-state index in [2.05, 4.69) is 4.74 Å². The van der Waals surface area contributed by atoms with Crippen molar-refractivity contribution in [1.82, 2.24) is 0 Å². The molecule has 0 aliphatic rings. The highest BCUT2D eigenvalue weighted by molar-refractivity contribution is 5.69. The van der Waals surface area contributed by atoms with Gasteiger partial charge in [0, 0.05) is 6.42 Å². The molecule has 1 aromatic carbocycles. The number of benzene rings is 1. The van der Waals surface area contributed by atoms with E-state index in [0.717, 1.165) is 5.56 Å². The summed E-state index contributed by atoms with van der Waals surface area (Å²) >= 11 is 0. The van der Waals surface area contributed by atoms with Crippen LogP contribution in [0.2, 0.25) is 0 Å². The predicted molar refractivity (Wildman–Crippen MR) is 73.3 cm³/mol. The summed E-state index contributed by atoms with van der Waals surface area (Å²) in [6, 6.07) is 9.28. The Kier molecular flexibility index (Phi) is 7.74. The molecule has 0 heterocycles. The molecule has 0 N–H and O–H groups in total. The van der Waals surface area contributed by atoms with Crippen LogP contribution in [0.15, 0.2) is 30.3 Å². The van der Waals surface area contributed by atoms with Gasteiger partial charge in [-0.1, -0.05) is 30.3 Å². The van der Waals surface area contributed by atoms with E-state index in [9.17, 15) is 14.4 Å². The van der Waals surface area contributed by atoms with E-state index in [-0.39, 0.29) is 25.9 Å². The number of carbonyl (C=O) groups is 3. The minimum Gasteiger partial charge on any atom is -0.469 e. The van der Waals surface area contributed by atoms with Crippen molar-refractivity contribution in [2.45, 2.75) is 31.7 Å². The summed E-state index contributed by atoms with van der Waals surface area (Å²) in [5.74, 6) is -0.442. The molecule has 6 nitrogen and oxygen atoms in total. The molecule has 0 radical (unpaired) electrons. The largest absolute Gasteiger partial charge is 0.469 e. The molecule has 0 saturated heterocycles. The van der Waals surface area contributed by atoms with Gasteiger partial charge in [-0.3, -0.25) is 9.59 Å². The van der Waals surface area contributed by atoms with Crippen molar-refractivity contribution in [3.63, 3.8) is 0 Å². The van der Waals surface area contributed by atoms with Crippen LogP contribution < -0.4 is 0 Å². The van der Waals surface area contributed by atoms with Gasteiger partial charge in [-0.15, -0.1) is 0 Å². The molecule has 0 amide bonds. The predicted octanol–water partition coefficient (Wildman–Crippen LogP) is 1.27. The first-order valence-electron chi connectivity index (χ1n) is 6.48.